The van der Waals surface area contributed by atoms with Crippen molar-refractivity contribution in [3.63, 3.8) is 0 Å². The topological polar surface area (TPSA) is 44.0 Å². The van der Waals surface area contributed by atoms with Crippen LogP contribution in [0.25, 0.3) is 0 Å². The van der Waals surface area contributed by atoms with Crippen LogP contribution in [-0.2, 0) is 0 Å². The molecule has 1 atom stereocenters. The largest absolute Gasteiger partial charge is 0.389 e. The lowest BCUT2D eigenvalue weighted by molar-refractivity contribution is -0.0163. The van der Waals surface area contributed by atoms with E-state index in [9.17, 15) is 5.11 Å². The molecule has 1 N–H and O–H groups in total. The zero-order valence-corrected chi connectivity index (χ0v) is 9.01. The van der Waals surface area contributed by atoms with E-state index >= 15 is 0 Å². The molecule has 1 unspecified atom stereocenters. The molecule has 0 aliphatic carbocycles. The van der Waals surface area contributed by atoms with Crippen molar-refractivity contribution in [3.05, 3.63) is 0 Å². The summed E-state index contributed by atoms with van der Waals surface area (Å²) in [5.41, 5.74) is -0.743. The van der Waals surface area contributed by atoms with Crippen LogP contribution in [0.2, 0.25) is 0 Å². The van der Waals surface area contributed by atoms with Gasteiger partial charge in [0.05, 0.1) is 17.6 Å². The van der Waals surface area contributed by atoms with Gasteiger partial charge in [-0.05, 0) is 19.3 Å². The number of nitrogens with zero attached hydrogens (tertiary/aromatic N) is 1. The molecule has 13 heavy (non-hydrogen) atoms. The summed E-state index contributed by atoms with van der Waals surface area (Å²) in [4.78, 5) is 0. The zero-order valence-electron chi connectivity index (χ0n) is 9.01. The summed E-state index contributed by atoms with van der Waals surface area (Å²) in [7, 11) is 0. The van der Waals surface area contributed by atoms with Crippen molar-refractivity contribution in [1.29, 1.82) is 5.26 Å². The third-order valence-corrected chi connectivity index (χ3v) is 2.58. The van der Waals surface area contributed by atoms with Gasteiger partial charge >= 0.3 is 0 Å². The highest BCUT2D eigenvalue weighted by molar-refractivity contribution is 4.97. The fourth-order valence-electron chi connectivity index (χ4n) is 1.93. The normalized spacial score (nSPS) is 13.8. The molecule has 0 aliphatic rings. The molecule has 0 aromatic heterocycles. The Morgan fingerprint density at radius 1 is 1.23 bits per heavy atom. The lowest BCUT2D eigenvalue weighted by Crippen LogP contribution is -2.36. The molecule has 0 aromatic carbocycles. The van der Waals surface area contributed by atoms with E-state index in [2.05, 4.69) is 6.07 Å². The number of hydrogen-bond donors (Lipinski definition) is 1. The highest BCUT2D eigenvalue weighted by Crippen LogP contribution is 2.30. The van der Waals surface area contributed by atoms with E-state index in [0.717, 1.165) is 32.1 Å². The van der Waals surface area contributed by atoms with Crippen molar-refractivity contribution in [3.8, 4) is 6.07 Å². The predicted octanol–water partition coefficient (Wildman–Crippen LogP) is 2.87. The maximum atomic E-state index is 10.2. The minimum Gasteiger partial charge on any atom is -0.389 e. The molecule has 0 amide bonds. The average molecular weight is 183 g/mol. The minimum atomic E-state index is -0.743. The van der Waals surface area contributed by atoms with Crippen molar-refractivity contribution in [2.45, 2.75) is 58.5 Å². The first-order chi connectivity index (χ1) is 6.14. The molecule has 2 nitrogen and oxygen atoms in total. The van der Waals surface area contributed by atoms with Gasteiger partial charge < -0.3 is 5.11 Å². The fraction of sp³-hybridized carbons (Fsp3) is 0.909. The molecule has 0 spiro atoms. The zero-order chi connectivity index (χ0) is 10.3. The van der Waals surface area contributed by atoms with Crippen LogP contribution in [-0.4, -0.2) is 10.7 Å². The molecule has 0 radical (unpaired) electrons. The number of nitriles is 1. The summed E-state index contributed by atoms with van der Waals surface area (Å²) in [5, 5.41) is 19.2. The Bertz CT molecular complexity index is 165. The summed E-state index contributed by atoms with van der Waals surface area (Å²) >= 11 is 0. The van der Waals surface area contributed by atoms with E-state index in [0.29, 0.717) is 0 Å². The van der Waals surface area contributed by atoms with Gasteiger partial charge in [0.25, 0.3) is 0 Å². The fourth-order valence-corrected chi connectivity index (χ4v) is 1.93. The minimum absolute atomic E-state index is 0.201. The Kier molecular flexibility index (Phi) is 5.73. The lowest BCUT2D eigenvalue weighted by atomic mass is 9.79. The lowest BCUT2D eigenvalue weighted by Gasteiger charge is -2.31. The molecule has 0 aromatic rings. The Morgan fingerprint density at radius 3 is 1.92 bits per heavy atom. The van der Waals surface area contributed by atoms with Gasteiger partial charge in [-0.2, -0.15) is 5.26 Å². The predicted molar refractivity (Wildman–Crippen MR) is 54.2 cm³/mol. The van der Waals surface area contributed by atoms with Crippen molar-refractivity contribution in [2.24, 2.45) is 5.92 Å². The van der Waals surface area contributed by atoms with Crippen LogP contribution in [0.1, 0.15) is 52.9 Å². The van der Waals surface area contributed by atoms with Crippen LogP contribution in [0.3, 0.4) is 0 Å². The van der Waals surface area contributed by atoms with Gasteiger partial charge in [0.2, 0.25) is 0 Å². The van der Waals surface area contributed by atoms with Crippen molar-refractivity contribution >= 4 is 0 Å². The highest BCUT2D eigenvalue weighted by Gasteiger charge is 2.33. The molecule has 0 rings (SSSR count). The van der Waals surface area contributed by atoms with E-state index in [4.69, 9.17) is 5.26 Å². The second-order valence-corrected chi connectivity index (χ2v) is 3.69. The van der Waals surface area contributed by atoms with E-state index in [1.807, 2.05) is 20.8 Å². The molecule has 0 heterocycles. The van der Waals surface area contributed by atoms with Gasteiger partial charge in [-0.3, -0.25) is 0 Å². The van der Waals surface area contributed by atoms with E-state index in [1.165, 1.54) is 0 Å². The first-order valence-electron chi connectivity index (χ1n) is 5.26. The summed E-state index contributed by atoms with van der Waals surface area (Å²) in [6.07, 6.45) is 4.11. The van der Waals surface area contributed by atoms with Crippen molar-refractivity contribution in [2.75, 3.05) is 0 Å². The number of hydrogen-bond acceptors (Lipinski definition) is 2. The Hall–Kier alpha value is -0.550. The smallest absolute Gasteiger partial charge is 0.0805 e. The third kappa shape index (κ3) is 3.36. The van der Waals surface area contributed by atoms with Crippen LogP contribution in [0.4, 0.5) is 0 Å². The highest BCUT2D eigenvalue weighted by atomic mass is 16.3. The van der Waals surface area contributed by atoms with Crippen molar-refractivity contribution < 1.29 is 5.11 Å². The van der Waals surface area contributed by atoms with Crippen LogP contribution < -0.4 is 0 Å². The Morgan fingerprint density at radius 2 is 1.69 bits per heavy atom. The van der Waals surface area contributed by atoms with Crippen LogP contribution in [0.5, 0.6) is 0 Å². The van der Waals surface area contributed by atoms with Crippen molar-refractivity contribution in [1.82, 2.24) is 0 Å². The summed E-state index contributed by atoms with van der Waals surface area (Å²) in [5.74, 6) is -0.201. The second-order valence-electron chi connectivity index (χ2n) is 3.69. The van der Waals surface area contributed by atoms with Gasteiger partial charge in [0.1, 0.15) is 0 Å². The molecule has 0 saturated heterocycles. The van der Waals surface area contributed by atoms with E-state index < -0.39 is 5.60 Å². The Labute approximate surface area is 81.6 Å². The van der Waals surface area contributed by atoms with E-state index in [1.54, 1.807) is 0 Å². The molecular formula is C11H21NO. The van der Waals surface area contributed by atoms with Crippen LogP contribution in [0.15, 0.2) is 0 Å². The van der Waals surface area contributed by atoms with E-state index in [-0.39, 0.29) is 5.92 Å². The quantitative estimate of drug-likeness (QED) is 0.688. The van der Waals surface area contributed by atoms with Crippen LogP contribution >= 0.6 is 0 Å². The number of rotatable bonds is 6. The maximum Gasteiger partial charge on any atom is 0.0805 e. The molecule has 76 valence electrons. The summed E-state index contributed by atoms with van der Waals surface area (Å²) in [6, 6.07) is 2.21. The summed E-state index contributed by atoms with van der Waals surface area (Å²) in [6.45, 7) is 6.06. The second kappa shape index (κ2) is 5.99. The van der Waals surface area contributed by atoms with Gasteiger partial charge in [-0.1, -0.05) is 33.6 Å². The maximum absolute atomic E-state index is 10.2. The van der Waals surface area contributed by atoms with Gasteiger partial charge in [0.15, 0.2) is 0 Å². The molecule has 0 saturated carbocycles. The monoisotopic (exact) mass is 183 g/mol. The first kappa shape index (κ1) is 12.4. The molecular weight excluding hydrogens is 162 g/mol. The van der Waals surface area contributed by atoms with Gasteiger partial charge in [0, 0.05) is 0 Å². The van der Waals surface area contributed by atoms with Gasteiger partial charge in [-0.15, -0.1) is 0 Å². The molecule has 0 aliphatic heterocycles. The first-order valence-corrected chi connectivity index (χ1v) is 5.26. The summed E-state index contributed by atoms with van der Waals surface area (Å²) < 4.78 is 0. The van der Waals surface area contributed by atoms with Gasteiger partial charge in [-0.25, -0.2) is 0 Å². The van der Waals surface area contributed by atoms with Crippen LogP contribution in [0, 0.1) is 17.2 Å². The molecule has 0 bridgehead atoms. The third-order valence-electron chi connectivity index (χ3n) is 2.58. The average Bonchev–Trinajstić information content (AvgIpc) is 2.07. The molecule has 2 heteroatoms. The standard InChI is InChI=1S/C11H21NO/c1-4-7-11(13,8-5-2)10(6-3)9-12/h10,13H,4-8H2,1-3H3. The SMILES string of the molecule is CCCC(O)(CCC)C(C#N)CC. The molecule has 0 fully saturated rings. The Balaban J connectivity index is 4.45. The number of aliphatic hydroxyl groups is 1.